The number of aryl methyl sites for hydroxylation is 1. The summed E-state index contributed by atoms with van der Waals surface area (Å²) in [7, 11) is 0. The van der Waals surface area contributed by atoms with Gasteiger partial charge in [0.2, 0.25) is 11.5 Å². The largest absolute Gasteiger partial charge is 0.489 e. The summed E-state index contributed by atoms with van der Waals surface area (Å²) in [6.07, 6.45) is 3.50. The molecule has 4 aromatic rings. The predicted octanol–water partition coefficient (Wildman–Crippen LogP) is 4.45. The SMILES string of the molecule is [C-]#[N+]CCCOc1cccc2cc(-c3cn4nc(CC)sc4n3)oc12. The monoisotopic (exact) mass is 352 g/mol. The van der Waals surface area contributed by atoms with E-state index in [4.69, 9.17) is 15.7 Å². The van der Waals surface area contributed by atoms with Gasteiger partial charge in [-0.2, -0.15) is 5.10 Å². The van der Waals surface area contributed by atoms with Gasteiger partial charge in [0, 0.05) is 5.39 Å². The van der Waals surface area contributed by atoms with Crippen molar-refractivity contribution in [3.8, 4) is 17.2 Å². The van der Waals surface area contributed by atoms with E-state index < -0.39 is 0 Å². The number of benzene rings is 1. The van der Waals surface area contributed by atoms with Crippen molar-refractivity contribution in [3.63, 3.8) is 0 Å². The molecule has 25 heavy (non-hydrogen) atoms. The number of ether oxygens (including phenoxy) is 1. The van der Waals surface area contributed by atoms with Crippen LogP contribution in [0.25, 0.3) is 32.2 Å². The fourth-order valence-electron chi connectivity index (χ4n) is 2.60. The first-order valence-electron chi connectivity index (χ1n) is 8.12. The molecule has 0 N–H and O–H groups in total. The summed E-state index contributed by atoms with van der Waals surface area (Å²) in [4.78, 5) is 8.81. The summed E-state index contributed by atoms with van der Waals surface area (Å²) in [6.45, 7) is 9.86. The van der Waals surface area contributed by atoms with Gasteiger partial charge >= 0.3 is 0 Å². The summed E-state index contributed by atoms with van der Waals surface area (Å²) in [5.41, 5.74) is 1.47. The van der Waals surface area contributed by atoms with Crippen LogP contribution in [0.4, 0.5) is 0 Å². The van der Waals surface area contributed by atoms with Crippen LogP contribution in [0, 0.1) is 6.57 Å². The highest BCUT2D eigenvalue weighted by atomic mass is 32.1. The molecule has 126 valence electrons. The lowest BCUT2D eigenvalue weighted by Gasteiger charge is -2.04. The zero-order chi connectivity index (χ0) is 17.2. The molecule has 0 atom stereocenters. The molecule has 3 heterocycles. The highest BCUT2D eigenvalue weighted by molar-refractivity contribution is 7.16. The predicted molar refractivity (Wildman–Crippen MR) is 97.0 cm³/mol. The maximum Gasteiger partial charge on any atom is 0.217 e. The molecule has 0 aliphatic rings. The molecule has 0 radical (unpaired) electrons. The van der Waals surface area contributed by atoms with Gasteiger partial charge in [0.1, 0.15) is 10.7 Å². The molecular weight excluding hydrogens is 336 g/mol. The van der Waals surface area contributed by atoms with Crippen LogP contribution in [0.1, 0.15) is 18.4 Å². The van der Waals surface area contributed by atoms with Crippen LogP contribution in [0.5, 0.6) is 5.75 Å². The summed E-state index contributed by atoms with van der Waals surface area (Å²) in [6, 6.07) is 7.77. The van der Waals surface area contributed by atoms with Gasteiger partial charge in [-0.1, -0.05) is 30.4 Å². The van der Waals surface area contributed by atoms with Gasteiger partial charge < -0.3 is 14.0 Å². The molecule has 0 aliphatic heterocycles. The van der Waals surface area contributed by atoms with Gasteiger partial charge in [-0.3, -0.25) is 0 Å². The number of nitrogens with zero attached hydrogens (tertiary/aromatic N) is 4. The van der Waals surface area contributed by atoms with E-state index >= 15 is 0 Å². The minimum absolute atomic E-state index is 0.470. The highest BCUT2D eigenvalue weighted by Gasteiger charge is 2.15. The van der Waals surface area contributed by atoms with Crippen LogP contribution < -0.4 is 4.74 Å². The van der Waals surface area contributed by atoms with Crippen LogP contribution in [0.2, 0.25) is 0 Å². The Balaban J connectivity index is 1.65. The molecule has 7 heteroatoms. The second kappa shape index (κ2) is 6.57. The minimum atomic E-state index is 0.470. The summed E-state index contributed by atoms with van der Waals surface area (Å²) >= 11 is 1.59. The van der Waals surface area contributed by atoms with E-state index in [1.807, 2.05) is 30.5 Å². The van der Waals surface area contributed by atoms with Gasteiger partial charge in [0.25, 0.3) is 0 Å². The second-order valence-corrected chi connectivity index (χ2v) is 6.61. The molecule has 6 nitrogen and oxygen atoms in total. The molecule has 0 fully saturated rings. The third-order valence-electron chi connectivity index (χ3n) is 3.82. The van der Waals surface area contributed by atoms with E-state index in [1.165, 1.54) is 0 Å². The molecule has 0 unspecified atom stereocenters. The minimum Gasteiger partial charge on any atom is -0.489 e. The van der Waals surface area contributed by atoms with Crippen LogP contribution in [0.3, 0.4) is 0 Å². The molecule has 0 saturated carbocycles. The Bertz CT molecular complexity index is 1040. The number of rotatable bonds is 6. The lowest BCUT2D eigenvalue weighted by atomic mass is 10.2. The number of para-hydroxylation sites is 1. The number of aromatic nitrogens is 3. The van der Waals surface area contributed by atoms with Crippen molar-refractivity contribution in [3.05, 3.63) is 46.9 Å². The smallest absolute Gasteiger partial charge is 0.217 e. The normalized spacial score (nSPS) is 11.2. The molecule has 3 aromatic heterocycles. The van der Waals surface area contributed by atoms with Crippen molar-refractivity contribution in [2.75, 3.05) is 13.2 Å². The van der Waals surface area contributed by atoms with Crippen molar-refractivity contribution in [1.29, 1.82) is 0 Å². The average molecular weight is 352 g/mol. The van der Waals surface area contributed by atoms with Crippen molar-refractivity contribution >= 4 is 27.3 Å². The number of imidazole rings is 1. The lowest BCUT2D eigenvalue weighted by Crippen LogP contribution is -1.98. The molecule has 0 spiro atoms. The molecule has 0 aliphatic carbocycles. The van der Waals surface area contributed by atoms with Gasteiger partial charge in [-0.15, -0.1) is 0 Å². The van der Waals surface area contributed by atoms with E-state index in [1.54, 1.807) is 15.9 Å². The van der Waals surface area contributed by atoms with E-state index in [2.05, 4.69) is 21.9 Å². The van der Waals surface area contributed by atoms with Crippen LogP contribution in [0.15, 0.2) is 34.9 Å². The van der Waals surface area contributed by atoms with Crippen molar-refractivity contribution in [2.45, 2.75) is 19.8 Å². The Morgan fingerprint density at radius 3 is 3.12 bits per heavy atom. The first-order valence-corrected chi connectivity index (χ1v) is 8.94. The summed E-state index contributed by atoms with van der Waals surface area (Å²) in [5, 5.41) is 6.52. The van der Waals surface area contributed by atoms with Gasteiger partial charge in [-0.05, 0) is 18.6 Å². The molecule has 0 amide bonds. The third kappa shape index (κ3) is 2.96. The fraction of sp³-hybridized carbons (Fsp3) is 0.278. The maximum atomic E-state index is 6.81. The zero-order valence-electron chi connectivity index (χ0n) is 13.7. The first kappa shape index (κ1) is 15.7. The fourth-order valence-corrected chi connectivity index (χ4v) is 3.42. The molecule has 0 bridgehead atoms. The van der Waals surface area contributed by atoms with Crippen molar-refractivity contribution in [2.24, 2.45) is 0 Å². The van der Waals surface area contributed by atoms with Crippen LogP contribution in [-0.2, 0) is 6.42 Å². The number of fused-ring (bicyclic) bond motifs is 2. The molecular formula is C18H16N4O2S. The van der Waals surface area contributed by atoms with Gasteiger partial charge in [-0.25, -0.2) is 16.1 Å². The molecule has 0 saturated heterocycles. The standard InChI is InChI=1S/C18H16N4O2S/c1-3-16-21-22-11-13(20-18(22)25-16)15-10-12-6-4-7-14(17(12)24-15)23-9-5-8-19-2/h4,6-7,10-11H,3,5,8-9H2,1H3. The van der Waals surface area contributed by atoms with Gasteiger partial charge in [0.15, 0.2) is 17.1 Å². The van der Waals surface area contributed by atoms with Crippen LogP contribution >= 0.6 is 11.3 Å². The average Bonchev–Trinajstić information content (AvgIpc) is 3.30. The van der Waals surface area contributed by atoms with E-state index in [9.17, 15) is 0 Å². The number of hydrogen-bond acceptors (Lipinski definition) is 5. The Morgan fingerprint density at radius 1 is 1.40 bits per heavy atom. The molecule has 4 rings (SSSR count). The maximum absolute atomic E-state index is 6.81. The first-order chi connectivity index (χ1) is 12.3. The Kier molecular flexibility index (Phi) is 4.12. The quantitative estimate of drug-likeness (QED) is 0.380. The van der Waals surface area contributed by atoms with Crippen LogP contribution in [-0.4, -0.2) is 27.7 Å². The summed E-state index contributed by atoms with van der Waals surface area (Å²) < 4.78 is 13.6. The highest BCUT2D eigenvalue weighted by Crippen LogP contribution is 2.33. The Morgan fingerprint density at radius 2 is 2.32 bits per heavy atom. The third-order valence-corrected chi connectivity index (χ3v) is 4.89. The van der Waals surface area contributed by atoms with E-state index in [0.29, 0.717) is 36.7 Å². The Labute approximate surface area is 148 Å². The number of hydrogen-bond donors (Lipinski definition) is 0. The zero-order valence-corrected chi connectivity index (χ0v) is 14.5. The van der Waals surface area contributed by atoms with Gasteiger partial charge in [0.05, 0.1) is 19.2 Å². The van der Waals surface area contributed by atoms with E-state index in [0.717, 1.165) is 27.5 Å². The second-order valence-electron chi connectivity index (χ2n) is 5.57. The Hall–Kier alpha value is -2.85. The molecule has 1 aromatic carbocycles. The summed E-state index contributed by atoms with van der Waals surface area (Å²) in [5.74, 6) is 1.39. The number of furan rings is 1. The van der Waals surface area contributed by atoms with Crippen molar-refractivity contribution in [1.82, 2.24) is 14.6 Å². The van der Waals surface area contributed by atoms with E-state index in [-0.39, 0.29) is 0 Å². The van der Waals surface area contributed by atoms with Crippen molar-refractivity contribution < 1.29 is 9.15 Å². The topological polar surface area (TPSA) is 56.9 Å². The lowest BCUT2D eigenvalue weighted by molar-refractivity contribution is 0.315.